The first kappa shape index (κ1) is 54.8. The number of ether oxygens (including phenoxy) is 6. The molecule has 2 saturated heterocycles. The van der Waals surface area contributed by atoms with E-state index in [1.54, 1.807) is 0 Å². The van der Waals surface area contributed by atoms with Crippen LogP contribution in [0.3, 0.4) is 0 Å². The van der Waals surface area contributed by atoms with Crippen molar-refractivity contribution in [1.29, 1.82) is 0 Å². The Bertz CT molecular complexity index is 1240. The first-order valence-electron chi connectivity index (χ1n) is 22.9. The average molecular weight is 869 g/mol. The number of esters is 1. The van der Waals surface area contributed by atoms with E-state index in [0.29, 0.717) is 13.0 Å². The van der Waals surface area contributed by atoms with Crippen LogP contribution >= 0.6 is 0 Å². The maximum absolute atomic E-state index is 12.9. The van der Waals surface area contributed by atoms with E-state index in [4.69, 9.17) is 28.4 Å². The highest BCUT2D eigenvalue weighted by molar-refractivity contribution is 5.69. The molecule has 0 aliphatic carbocycles. The Kier molecular flexibility index (Phi) is 31.5. The summed E-state index contributed by atoms with van der Waals surface area (Å²) < 4.78 is 34.0. The second-order valence-electron chi connectivity index (χ2n) is 15.8. The van der Waals surface area contributed by atoms with Crippen molar-refractivity contribution in [2.24, 2.45) is 0 Å². The molecule has 14 heteroatoms. The molecule has 0 saturated carbocycles. The normalized spacial score (nSPS) is 28.0. The molecule has 2 rings (SSSR count). The number of carbonyl (C=O) groups excluding carboxylic acids is 1. The van der Waals surface area contributed by atoms with E-state index >= 15 is 0 Å². The van der Waals surface area contributed by atoms with Crippen LogP contribution in [-0.2, 0) is 33.2 Å². The molecule has 0 aromatic rings. The first-order valence-corrected chi connectivity index (χ1v) is 22.9. The monoisotopic (exact) mass is 869 g/mol. The second kappa shape index (κ2) is 35.1. The summed E-state index contributed by atoms with van der Waals surface area (Å²) in [5.74, 6) is -0.461. The van der Waals surface area contributed by atoms with Gasteiger partial charge in [-0.2, -0.15) is 0 Å². The molecule has 0 radical (unpaired) electrons. The quantitative estimate of drug-likeness (QED) is 0.0245. The molecule has 11 atom stereocenters. The third kappa shape index (κ3) is 23.8. The SMILES string of the molecule is CC/C=C\C/C=C\C/C=C\C/C=C\CCC(=O)OC(COCCCCCCCC/C=C\CCCCCC)COC1OC(COC2OC(CO)C(O)C(O)C2O)C(O)C(O)C1O. The average Bonchev–Trinajstić information content (AvgIpc) is 3.25. The second-order valence-corrected chi connectivity index (χ2v) is 15.8. The summed E-state index contributed by atoms with van der Waals surface area (Å²) in [7, 11) is 0. The van der Waals surface area contributed by atoms with E-state index in [-0.39, 0.29) is 19.6 Å². The van der Waals surface area contributed by atoms with Gasteiger partial charge in [0.15, 0.2) is 12.6 Å². The van der Waals surface area contributed by atoms with Crippen molar-refractivity contribution in [2.75, 3.05) is 33.0 Å². The maximum atomic E-state index is 12.9. The number of unbranched alkanes of at least 4 members (excludes halogenated alkanes) is 10. The van der Waals surface area contributed by atoms with Gasteiger partial charge >= 0.3 is 5.97 Å². The third-order valence-electron chi connectivity index (χ3n) is 10.5. The Morgan fingerprint density at radius 2 is 1.07 bits per heavy atom. The van der Waals surface area contributed by atoms with Gasteiger partial charge in [0, 0.05) is 13.0 Å². The molecular weight excluding hydrogens is 789 g/mol. The Hall–Kier alpha value is -2.31. The molecular formula is C47H80O14. The lowest BCUT2D eigenvalue weighted by molar-refractivity contribution is -0.332. The van der Waals surface area contributed by atoms with Crippen LogP contribution in [0.25, 0.3) is 0 Å². The fraction of sp³-hybridized carbons (Fsp3) is 0.766. The number of rotatable bonds is 34. The van der Waals surface area contributed by atoms with Crippen LogP contribution in [0, 0.1) is 0 Å². The summed E-state index contributed by atoms with van der Waals surface area (Å²) in [6.07, 6.45) is 23.1. The lowest BCUT2D eigenvalue weighted by Crippen LogP contribution is -2.61. The van der Waals surface area contributed by atoms with Crippen LogP contribution in [-0.4, -0.2) is 142 Å². The van der Waals surface area contributed by atoms with Gasteiger partial charge in [-0.05, 0) is 64.2 Å². The van der Waals surface area contributed by atoms with Gasteiger partial charge in [0.2, 0.25) is 0 Å². The number of aliphatic hydroxyl groups excluding tert-OH is 7. The zero-order chi connectivity index (χ0) is 44.5. The van der Waals surface area contributed by atoms with Gasteiger partial charge in [0.25, 0.3) is 0 Å². The topological polar surface area (TPSA) is 214 Å². The van der Waals surface area contributed by atoms with Crippen molar-refractivity contribution in [1.82, 2.24) is 0 Å². The van der Waals surface area contributed by atoms with Gasteiger partial charge in [0.05, 0.1) is 26.4 Å². The Labute approximate surface area is 364 Å². The van der Waals surface area contributed by atoms with E-state index in [0.717, 1.165) is 57.8 Å². The van der Waals surface area contributed by atoms with E-state index in [9.17, 15) is 40.5 Å². The molecule has 11 unspecified atom stereocenters. The van der Waals surface area contributed by atoms with Crippen molar-refractivity contribution in [2.45, 2.75) is 197 Å². The Balaban J connectivity index is 1.85. The van der Waals surface area contributed by atoms with Gasteiger partial charge in [-0.15, -0.1) is 0 Å². The third-order valence-corrected chi connectivity index (χ3v) is 10.5. The molecule has 0 amide bonds. The predicted octanol–water partition coefficient (Wildman–Crippen LogP) is 5.40. The molecule has 2 aliphatic rings. The largest absolute Gasteiger partial charge is 0.457 e. The van der Waals surface area contributed by atoms with Gasteiger partial charge in [-0.25, -0.2) is 0 Å². The summed E-state index contributed by atoms with van der Waals surface area (Å²) in [5, 5.41) is 71.9. The van der Waals surface area contributed by atoms with Crippen LogP contribution in [0.15, 0.2) is 60.8 Å². The summed E-state index contributed by atoms with van der Waals surface area (Å²) in [4.78, 5) is 12.9. The van der Waals surface area contributed by atoms with E-state index < -0.39 is 86.7 Å². The van der Waals surface area contributed by atoms with Crippen LogP contribution in [0.5, 0.6) is 0 Å². The summed E-state index contributed by atoms with van der Waals surface area (Å²) in [5.41, 5.74) is 0. The van der Waals surface area contributed by atoms with Crippen LogP contribution in [0.2, 0.25) is 0 Å². The Morgan fingerprint density at radius 1 is 0.557 bits per heavy atom. The molecule has 14 nitrogen and oxygen atoms in total. The number of hydrogen-bond donors (Lipinski definition) is 7. The molecule has 0 bridgehead atoms. The number of aliphatic hydroxyl groups is 7. The molecule has 352 valence electrons. The van der Waals surface area contributed by atoms with Crippen molar-refractivity contribution in [3.05, 3.63) is 60.8 Å². The van der Waals surface area contributed by atoms with Crippen molar-refractivity contribution in [3.8, 4) is 0 Å². The van der Waals surface area contributed by atoms with E-state index in [1.807, 2.05) is 12.2 Å². The maximum Gasteiger partial charge on any atom is 0.306 e. The van der Waals surface area contributed by atoms with Gasteiger partial charge in [-0.3, -0.25) is 4.79 Å². The molecule has 2 fully saturated rings. The smallest absolute Gasteiger partial charge is 0.306 e. The summed E-state index contributed by atoms with van der Waals surface area (Å²) >= 11 is 0. The molecule has 2 heterocycles. The number of allylic oxidation sites excluding steroid dienone is 10. The van der Waals surface area contributed by atoms with E-state index in [2.05, 4.69) is 62.5 Å². The highest BCUT2D eigenvalue weighted by Gasteiger charge is 2.47. The minimum absolute atomic E-state index is 0.0259. The molecule has 0 aromatic carbocycles. The van der Waals surface area contributed by atoms with Crippen molar-refractivity contribution < 1.29 is 69.0 Å². The minimum atomic E-state index is -1.72. The lowest BCUT2D eigenvalue weighted by Gasteiger charge is -2.42. The summed E-state index contributed by atoms with van der Waals surface area (Å²) in [6, 6.07) is 0. The molecule has 0 spiro atoms. The van der Waals surface area contributed by atoms with Gasteiger partial charge in [0.1, 0.15) is 54.9 Å². The van der Waals surface area contributed by atoms with Crippen LogP contribution < -0.4 is 0 Å². The van der Waals surface area contributed by atoms with Crippen molar-refractivity contribution >= 4 is 5.97 Å². The Morgan fingerprint density at radius 3 is 1.67 bits per heavy atom. The number of carbonyl (C=O) groups is 1. The fourth-order valence-corrected chi connectivity index (χ4v) is 6.76. The number of hydrogen-bond acceptors (Lipinski definition) is 14. The minimum Gasteiger partial charge on any atom is -0.457 e. The molecule has 7 N–H and O–H groups in total. The zero-order valence-corrected chi connectivity index (χ0v) is 36.9. The summed E-state index contributed by atoms with van der Waals surface area (Å²) in [6.45, 7) is 3.41. The van der Waals surface area contributed by atoms with Crippen molar-refractivity contribution in [3.63, 3.8) is 0 Å². The first-order chi connectivity index (χ1) is 29.6. The predicted molar refractivity (Wildman–Crippen MR) is 233 cm³/mol. The van der Waals surface area contributed by atoms with Crippen LogP contribution in [0.1, 0.15) is 129 Å². The van der Waals surface area contributed by atoms with Crippen LogP contribution in [0.4, 0.5) is 0 Å². The fourth-order valence-electron chi connectivity index (χ4n) is 6.76. The highest BCUT2D eigenvalue weighted by Crippen LogP contribution is 2.26. The van der Waals surface area contributed by atoms with E-state index in [1.165, 1.54) is 44.9 Å². The van der Waals surface area contributed by atoms with Gasteiger partial charge in [-0.1, -0.05) is 120 Å². The van der Waals surface area contributed by atoms with Gasteiger partial charge < -0.3 is 64.2 Å². The molecule has 61 heavy (non-hydrogen) atoms. The molecule has 2 aliphatic heterocycles. The zero-order valence-electron chi connectivity index (χ0n) is 36.9. The molecule has 0 aromatic heterocycles. The standard InChI is InChI=1S/C47H80O14/c1-3-5-7-9-11-13-15-17-19-21-23-25-27-29-31-56-33-36(59-39(49)30-28-26-24-22-20-18-16-14-12-10-8-6-4-2)34-57-46-45(55)43(53)41(51)38(61-46)35-58-47-44(54)42(52)40(50)37(32-48)60-47/h6,8,12-15,18,20,24,26,36-38,40-48,50-55H,3-5,7,9-11,16-17,19,21-23,25,27-35H2,1-2H3/b8-6-,14-12-,15-13-,20-18-,26-24-. The highest BCUT2D eigenvalue weighted by atomic mass is 16.7. The lowest BCUT2D eigenvalue weighted by atomic mass is 9.98.